The highest BCUT2D eigenvalue weighted by atomic mass is 32.2. The van der Waals surface area contributed by atoms with Crippen LogP contribution in [0.1, 0.15) is 6.04 Å². The molecule has 2 atom stereocenters. The highest BCUT2D eigenvalue weighted by molar-refractivity contribution is 7.86. The first-order valence-corrected chi connectivity index (χ1v) is 8.37. The van der Waals surface area contributed by atoms with Crippen molar-refractivity contribution in [1.29, 1.82) is 0 Å². The highest BCUT2D eigenvalue weighted by Gasteiger charge is 2.33. The standard InChI is InChI=1S/C12H14FN5O3S/c1-22(19,20)21-11-6-14-5-10(11)18-7-9(16-17-18)8-3-2-4-15-12(8)13/h2-4,7,10-11,14H,5-6H2,1H3/t10-,11-/m1/s1. The van der Waals surface area contributed by atoms with Crippen molar-refractivity contribution < 1.29 is 17.0 Å². The number of nitrogens with zero attached hydrogens (tertiary/aromatic N) is 4. The molecule has 0 aromatic carbocycles. The fourth-order valence-corrected chi connectivity index (χ4v) is 3.01. The molecule has 118 valence electrons. The predicted molar refractivity (Wildman–Crippen MR) is 74.8 cm³/mol. The number of hydrogen-bond acceptors (Lipinski definition) is 7. The van der Waals surface area contributed by atoms with Gasteiger partial charge in [-0.2, -0.15) is 12.8 Å². The molecule has 8 nitrogen and oxygen atoms in total. The van der Waals surface area contributed by atoms with Crippen LogP contribution < -0.4 is 5.32 Å². The maximum Gasteiger partial charge on any atom is 0.264 e. The maximum absolute atomic E-state index is 13.7. The Kier molecular flexibility index (Phi) is 3.89. The van der Waals surface area contributed by atoms with Gasteiger partial charge in [-0.3, -0.25) is 4.18 Å². The first kappa shape index (κ1) is 15.0. The third-order valence-electron chi connectivity index (χ3n) is 3.31. The van der Waals surface area contributed by atoms with Crippen LogP contribution in [0.4, 0.5) is 4.39 Å². The van der Waals surface area contributed by atoms with Gasteiger partial charge in [0.05, 0.1) is 24.1 Å². The first-order chi connectivity index (χ1) is 10.4. The molecule has 0 spiro atoms. The van der Waals surface area contributed by atoms with E-state index in [4.69, 9.17) is 4.18 Å². The van der Waals surface area contributed by atoms with E-state index in [0.717, 1.165) is 6.26 Å². The lowest BCUT2D eigenvalue weighted by molar-refractivity contribution is 0.177. The highest BCUT2D eigenvalue weighted by Crippen LogP contribution is 2.23. The third kappa shape index (κ3) is 3.13. The summed E-state index contributed by atoms with van der Waals surface area (Å²) in [4.78, 5) is 3.57. The zero-order chi connectivity index (χ0) is 15.7. The minimum Gasteiger partial charge on any atom is -0.312 e. The van der Waals surface area contributed by atoms with E-state index in [1.54, 1.807) is 18.3 Å². The Hall–Kier alpha value is -1.91. The van der Waals surface area contributed by atoms with E-state index in [0.29, 0.717) is 18.8 Å². The van der Waals surface area contributed by atoms with E-state index in [2.05, 4.69) is 20.6 Å². The van der Waals surface area contributed by atoms with Crippen LogP contribution in [0.25, 0.3) is 11.3 Å². The van der Waals surface area contributed by atoms with Crippen LogP contribution in [0.15, 0.2) is 24.5 Å². The summed E-state index contributed by atoms with van der Waals surface area (Å²) in [6, 6.07) is 2.81. The Bertz CT molecular complexity index is 779. The minimum atomic E-state index is -3.57. The van der Waals surface area contributed by atoms with Crippen molar-refractivity contribution in [2.45, 2.75) is 12.1 Å². The van der Waals surface area contributed by atoms with E-state index in [-0.39, 0.29) is 11.6 Å². The molecule has 1 aliphatic rings. The molecule has 2 aromatic heterocycles. The molecule has 1 aliphatic heterocycles. The van der Waals surface area contributed by atoms with Gasteiger partial charge in [0.2, 0.25) is 5.95 Å². The van der Waals surface area contributed by atoms with Crippen LogP contribution in [-0.4, -0.2) is 53.8 Å². The molecule has 1 saturated heterocycles. The van der Waals surface area contributed by atoms with Crippen molar-refractivity contribution in [2.24, 2.45) is 0 Å². The molecule has 0 saturated carbocycles. The molecule has 1 N–H and O–H groups in total. The second kappa shape index (κ2) is 5.71. The molecule has 2 aromatic rings. The van der Waals surface area contributed by atoms with Crippen molar-refractivity contribution in [3.05, 3.63) is 30.5 Å². The zero-order valence-electron chi connectivity index (χ0n) is 11.7. The van der Waals surface area contributed by atoms with Gasteiger partial charge in [0, 0.05) is 19.3 Å². The maximum atomic E-state index is 13.7. The number of pyridine rings is 1. The lowest BCUT2D eigenvalue weighted by atomic mass is 10.2. The van der Waals surface area contributed by atoms with Gasteiger partial charge in [-0.05, 0) is 12.1 Å². The molecule has 3 rings (SSSR count). The summed E-state index contributed by atoms with van der Waals surface area (Å²) in [6.45, 7) is 0.868. The van der Waals surface area contributed by atoms with Crippen molar-refractivity contribution in [2.75, 3.05) is 19.3 Å². The summed E-state index contributed by atoms with van der Waals surface area (Å²) in [5.41, 5.74) is 0.566. The molecule has 0 bridgehead atoms. The molecular formula is C12H14FN5O3S. The topological polar surface area (TPSA) is 99.0 Å². The van der Waals surface area contributed by atoms with Gasteiger partial charge in [-0.15, -0.1) is 5.10 Å². The summed E-state index contributed by atoms with van der Waals surface area (Å²) in [5, 5.41) is 10.9. The number of rotatable bonds is 4. The Morgan fingerprint density at radius 2 is 2.27 bits per heavy atom. The molecule has 10 heteroatoms. The molecule has 0 radical (unpaired) electrons. The summed E-state index contributed by atoms with van der Waals surface area (Å²) < 4.78 is 42.7. The quantitative estimate of drug-likeness (QED) is 0.622. The Morgan fingerprint density at radius 1 is 1.45 bits per heavy atom. The smallest absolute Gasteiger partial charge is 0.264 e. The fourth-order valence-electron chi connectivity index (χ4n) is 2.37. The van der Waals surface area contributed by atoms with E-state index >= 15 is 0 Å². The van der Waals surface area contributed by atoms with Crippen molar-refractivity contribution in [3.63, 3.8) is 0 Å². The fraction of sp³-hybridized carbons (Fsp3) is 0.417. The molecular weight excluding hydrogens is 313 g/mol. The number of hydrogen-bond donors (Lipinski definition) is 1. The van der Waals surface area contributed by atoms with E-state index in [1.807, 2.05) is 0 Å². The van der Waals surface area contributed by atoms with E-state index in [9.17, 15) is 12.8 Å². The van der Waals surface area contributed by atoms with Gasteiger partial charge >= 0.3 is 0 Å². The SMILES string of the molecule is CS(=O)(=O)O[C@@H]1CNC[C@H]1n1cc(-c2cccnc2F)nn1. The second-order valence-corrected chi connectivity index (χ2v) is 6.59. The van der Waals surface area contributed by atoms with E-state index < -0.39 is 22.2 Å². The Morgan fingerprint density at radius 3 is 3.00 bits per heavy atom. The second-order valence-electron chi connectivity index (χ2n) is 4.99. The Labute approximate surface area is 126 Å². The molecule has 1 fully saturated rings. The van der Waals surface area contributed by atoms with Crippen LogP contribution in [0.2, 0.25) is 0 Å². The van der Waals surface area contributed by atoms with Gasteiger partial charge in [-0.25, -0.2) is 9.67 Å². The van der Waals surface area contributed by atoms with Gasteiger partial charge in [0.15, 0.2) is 0 Å². The third-order valence-corrected chi connectivity index (χ3v) is 3.91. The van der Waals surface area contributed by atoms with Gasteiger partial charge in [0.25, 0.3) is 10.1 Å². The van der Waals surface area contributed by atoms with Gasteiger partial charge in [0.1, 0.15) is 11.8 Å². The first-order valence-electron chi connectivity index (χ1n) is 6.56. The number of nitrogens with one attached hydrogen (secondary N) is 1. The predicted octanol–water partition coefficient (Wildman–Crippen LogP) is -0.0317. The molecule has 0 amide bonds. The van der Waals surface area contributed by atoms with Gasteiger partial charge < -0.3 is 5.32 Å². The van der Waals surface area contributed by atoms with Crippen LogP contribution in [-0.2, 0) is 14.3 Å². The Balaban J connectivity index is 1.86. The van der Waals surface area contributed by atoms with Crippen molar-refractivity contribution in [1.82, 2.24) is 25.3 Å². The lowest BCUT2D eigenvalue weighted by Gasteiger charge is -2.17. The van der Waals surface area contributed by atoms with Crippen molar-refractivity contribution >= 4 is 10.1 Å². The summed E-state index contributed by atoms with van der Waals surface area (Å²) in [5.74, 6) is -0.636. The van der Waals surface area contributed by atoms with Crippen molar-refractivity contribution in [3.8, 4) is 11.3 Å². The molecule has 0 unspecified atom stereocenters. The summed E-state index contributed by atoms with van der Waals surface area (Å²) in [6.07, 6.45) is 3.32. The lowest BCUT2D eigenvalue weighted by Crippen LogP contribution is -2.28. The largest absolute Gasteiger partial charge is 0.312 e. The summed E-state index contributed by atoms with van der Waals surface area (Å²) in [7, 11) is -3.57. The number of aromatic nitrogens is 4. The zero-order valence-corrected chi connectivity index (χ0v) is 12.5. The molecule has 0 aliphatic carbocycles. The summed E-state index contributed by atoms with van der Waals surface area (Å²) >= 11 is 0. The van der Waals surface area contributed by atoms with Crippen LogP contribution >= 0.6 is 0 Å². The average Bonchev–Trinajstić information content (AvgIpc) is 3.06. The van der Waals surface area contributed by atoms with Crippen LogP contribution in [0.5, 0.6) is 0 Å². The normalized spacial score (nSPS) is 22.1. The van der Waals surface area contributed by atoms with Crippen LogP contribution in [0, 0.1) is 5.95 Å². The minimum absolute atomic E-state index is 0.236. The number of halogens is 1. The van der Waals surface area contributed by atoms with Crippen LogP contribution in [0.3, 0.4) is 0 Å². The monoisotopic (exact) mass is 327 g/mol. The molecule has 3 heterocycles. The van der Waals surface area contributed by atoms with E-state index in [1.165, 1.54) is 10.9 Å². The van der Waals surface area contributed by atoms with Gasteiger partial charge in [-0.1, -0.05) is 5.21 Å². The molecule has 22 heavy (non-hydrogen) atoms. The average molecular weight is 327 g/mol.